The molecule has 7 heteroatoms. The van der Waals surface area contributed by atoms with Gasteiger partial charge in [-0.05, 0) is 26.0 Å². The fraction of sp³-hybridized carbons (Fsp3) is 0.133. The first-order valence-electron chi connectivity index (χ1n) is 6.50. The van der Waals surface area contributed by atoms with Crippen LogP contribution >= 0.6 is 11.3 Å². The van der Waals surface area contributed by atoms with Crippen LogP contribution in [0.3, 0.4) is 0 Å². The molecule has 0 aromatic carbocycles. The van der Waals surface area contributed by atoms with Crippen LogP contribution in [0.2, 0.25) is 0 Å². The number of nitrogens with zero attached hydrogens (tertiary/aromatic N) is 3. The Morgan fingerprint density at radius 1 is 1.41 bits per heavy atom. The lowest BCUT2D eigenvalue weighted by Gasteiger charge is -2.00. The Hall–Kier alpha value is -2.85. The number of nitrogens with one attached hydrogen (secondary N) is 1. The van der Waals surface area contributed by atoms with Crippen molar-refractivity contribution in [2.75, 3.05) is 5.32 Å². The molecule has 22 heavy (non-hydrogen) atoms. The number of carbonyl (C=O) groups excluding carboxylic acids is 1. The van der Waals surface area contributed by atoms with Crippen molar-refractivity contribution in [3.05, 3.63) is 52.5 Å². The van der Waals surface area contributed by atoms with E-state index in [9.17, 15) is 10.1 Å². The minimum atomic E-state index is -0.398. The SMILES string of the molecule is Cc1csc(NC(=O)c2c(C)oc(-n3cccc3)c2C#N)n1. The van der Waals surface area contributed by atoms with Gasteiger partial charge in [0.25, 0.3) is 5.91 Å². The summed E-state index contributed by atoms with van der Waals surface area (Å²) in [5.74, 6) is 0.335. The molecule has 0 aliphatic heterocycles. The summed E-state index contributed by atoms with van der Waals surface area (Å²) in [5, 5.41) is 14.5. The van der Waals surface area contributed by atoms with Gasteiger partial charge >= 0.3 is 0 Å². The molecule has 0 aliphatic carbocycles. The summed E-state index contributed by atoms with van der Waals surface area (Å²) in [6, 6.07) is 5.69. The number of thiazole rings is 1. The third-order valence-electron chi connectivity index (χ3n) is 3.08. The number of anilines is 1. The Labute approximate surface area is 130 Å². The zero-order valence-electron chi connectivity index (χ0n) is 12.0. The first kappa shape index (κ1) is 14.1. The van der Waals surface area contributed by atoms with E-state index in [1.165, 1.54) is 11.3 Å². The van der Waals surface area contributed by atoms with E-state index in [1.807, 2.05) is 24.4 Å². The molecule has 0 aliphatic rings. The fourth-order valence-corrected chi connectivity index (χ4v) is 2.81. The van der Waals surface area contributed by atoms with Gasteiger partial charge in [-0.25, -0.2) is 4.98 Å². The molecular formula is C15H12N4O2S. The van der Waals surface area contributed by atoms with Gasteiger partial charge < -0.3 is 4.42 Å². The van der Waals surface area contributed by atoms with Crippen LogP contribution in [0.25, 0.3) is 5.88 Å². The van der Waals surface area contributed by atoms with Gasteiger partial charge in [0.05, 0.1) is 5.69 Å². The summed E-state index contributed by atoms with van der Waals surface area (Å²) in [4.78, 5) is 16.6. The quantitative estimate of drug-likeness (QED) is 0.804. The lowest BCUT2D eigenvalue weighted by atomic mass is 10.1. The van der Waals surface area contributed by atoms with E-state index >= 15 is 0 Å². The maximum Gasteiger partial charge on any atom is 0.262 e. The molecule has 110 valence electrons. The molecule has 3 aromatic heterocycles. The number of hydrogen-bond acceptors (Lipinski definition) is 5. The number of hydrogen-bond donors (Lipinski definition) is 1. The highest BCUT2D eigenvalue weighted by molar-refractivity contribution is 7.13. The van der Waals surface area contributed by atoms with Crippen molar-refractivity contribution in [3.63, 3.8) is 0 Å². The van der Waals surface area contributed by atoms with Gasteiger partial charge in [-0.15, -0.1) is 11.3 Å². The summed E-state index contributed by atoms with van der Waals surface area (Å²) in [7, 11) is 0. The van der Waals surface area contributed by atoms with E-state index in [1.54, 1.807) is 23.9 Å². The molecular weight excluding hydrogens is 300 g/mol. The molecule has 0 bridgehead atoms. The maximum absolute atomic E-state index is 12.4. The van der Waals surface area contributed by atoms with Crippen LogP contribution in [-0.4, -0.2) is 15.5 Å². The van der Waals surface area contributed by atoms with E-state index < -0.39 is 5.91 Å². The fourth-order valence-electron chi connectivity index (χ4n) is 2.13. The van der Waals surface area contributed by atoms with Crippen LogP contribution in [-0.2, 0) is 0 Å². The Morgan fingerprint density at radius 3 is 2.73 bits per heavy atom. The Balaban J connectivity index is 2.00. The van der Waals surface area contributed by atoms with E-state index in [-0.39, 0.29) is 11.1 Å². The van der Waals surface area contributed by atoms with Crippen LogP contribution in [0, 0.1) is 25.2 Å². The molecule has 0 atom stereocenters. The van der Waals surface area contributed by atoms with E-state index in [4.69, 9.17) is 4.42 Å². The third kappa shape index (κ3) is 2.40. The van der Waals surface area contributed by atoms with Crippen LogP contribution < -0.4 is 5.32 Å². The van der Waals surface area contributed by atoms with Gasteiger partial charge in [0.2, 0.25) is 5.88 Å². The van der Waals surface area contributed by atoms with Gasteiger partial charge in [-0.3, -0.25) is 14.7 Å². The second kappa shape index (κ2) is 5.50. The molecule has 0 saturated carbocycles. The monoisotopic (exact) mass is 312 g/mol. The number of aromatic nitrogens is 2. The number of amides is 1. The lowest BCUT2D eigenvalue weighted by Crippen LogP contribution is -2.13. The topological polar surface area (TPSA) is 83.9 Å². The van der Waals surface area contributed by atoms with Crippen LogP contribution in [0.15, 0.2) is 34.3 Å². The number of aryl methyl sites for hydroxylation is 2. The highest BCUT2D eigenvalue weighted by Gasteiger charge is 2.25. The Kier molecular flexibility index (Phi) is 3.53. The number of rotatable bonds is 3. The summed E-state index contributed by atoms with van der Waals surface area (Å²) in [6.07, 6.45) is 3.51. The van der Waals surface area contributed by atoms with Crippen molar-refractivity contribution in [1.29, 1.82) is 5.26 Å². The van der Waals surface area contributed by atoms with Gasteiger partial charge in [0, 0.05) is 17.8 Å². The molecule has 1 N–H and O–H groups in total. The smallest absolute Gasteiger partial charge is 0.262 e. The van der Waals surface area contributed by atoms with Crippen molar-refractivity contribution >= 4 is 22.4 Å². The molecule has 3 rings (SSSR count). The number of carbonyl (C=O) groups is 1. The first-order chi connectivity index (χ1) is 10.6. The average Bonchev–Trinajstić information content (AvgIpc) is 3.18. The zero-order valence-corrected chi connectivity index (χ0v) is 12.8. The highest BCUT2D eigenvalue weighted by Crippen LogP contribution is 2.26. The van der Waals surface area contributed by atoms with Crippen molar-refractivity contribution in [1.82, 2.24) is 9.55 Å². The first-order valence-corrected chi connectivity index (χ1v) is 7.38. The summed E-state index contributed by atoms with van der Waals surface area (Å²) in [5.41, 5.74) is 1.27. The van der Waals surface area contributed by atoms with Crippen LogP contribution in [0.1, 0.15) is 27.4 Å². The Bertz CT molecular complexity index is 868. The van der Waals surface area contributed by atoms with Crippen LogP contribution in [0.5, 0.6) is 0 Å². The molecule has 0 radical (unpaired) electrons. The van der Waals surface area contributed by atoms with E-state index in [2.05, 4.69) is 16.4 Å². The average molecular weight is 312 g/mol. The largest absolute Gasteiger partial charge is 0.443 e. The van der Waals surface area contributed by atoms with Gasteiger partial charge in [0.15, 0.2) is 5.13 Å². The Morgan fingerprint density at radius 2 is 2.14 bits per heavy atom. The predicted molar refractivity (Wildman–Crippen MR) is 82.3 cm³/mol. The number of nitriles is 1. The van der Waals surface area contributed by atoms with Crippen molar-refractivity contribution in [3.8, 4) is 12.0 Å². The maximum atomic E-state index is 12.4. The molecule has 6 nitrogen and oxygen atoms in total. The molecule has 0 unspecified atom stereocenters. The van der Waals surface area contributed by atoms with Gasteiger partial charge in [0.1, 0.15) is 23.0 Å². The predicted octanol–water partition coefficient (Wildman–Crippen LogP) is 3.27. The molecule has 3 aromatic rings. The molecule has 0 saturated heterocycles. The molecule has 3 heterocycles. The van der Waals surface area contributed by atoms with Crippen molar-refractivity contribution < 1.29 is 9.21 Å². The van der Waals surface area contributed by atoms with Crippen molar-refractivity contribution in [2.45, 2.75) is 13.8 Å². The molecule has 0 fully saturated rings. The van der Waals surface area contributed by atoms with Crippen LogP contribution in [0.4, 0.5) is 5.13 Å². The zero-order chi connectivity index (χ0) is 15.7. The van der Waals surface area contributed by atoms with Gasteiger partial charge in [-0.2, -0.15) is 5.26 Å². The minimum absolute atomic E-state index is 0.208. The summed E-state index contributed by atoms with van der Waals surface area (Å²) in [6.45, 7) is 3.51. The third-order valence-corrected chi connectivity index (χ3v) is 3.96. The van der Waals surface area contributed by atoms with Crippen molar-refractivity contribution in [2.24, 2.45) is 0 Å². The lowest BCUT2D eigenvalue weighted by molar-refractivity contribution is 0.102. The highest BCUT2D eigenvalue weighted by atomic mass is 32.1. The van der Waals surface area contributed by atoms with E-state index in [0.29, 0.717) is 16.8 Å². The minimum Gasteiger partial charge on any atom is -0.443 e. The summed E-state index contributed by atoms with van der Waals surface area (Å²) >= 11 is 1.33. The molecule has 1 amide bonds. The van der Waals surface area contributed by atoms with Gasteiger partial charge in [-0.1, -0.05) is 0 Å². The second-order valence-corrected chi connectivity index (χ2v) is 5.52. The second-order valence-electron chi connectivity index (χ2n) is 4.66. The number of furan rings is 1. The summed E-state index contributed by atoms with van der Waals surface area (Å²) < 4.78 is 7.27. The molecule has 0 spiro atoms. The standard InChI is InChI=1S/C15H12N4O2S/c1-9-8-22-15(17-9)18-13(20)12-10(2)21-14(11(12)7-16)19-5-3-4-6-19/h3-6,8H,1-2H3,(H,17,18,20). The van der Waals surface area contributed by atoms with E-state index in [0.717, 1.165) is 5.69 Å². The normalized spacial score (nSPS) is 10.4.